The molecule has 5 nitrogen and oxygen atoms in total. The number of rotatable bonds is 6. The molecule has 5 heteroatoms. The zero-order chi connectivity index (χ0) is 17.1. The fourth-order valence-electron chi connectivity index (χ4n) is 4.12. The van der Waals surface area contributed by atoms with Crippen LogP contribution in [-0.2, 0) is 17.8 Å². The van der Waals surface area contributed by atoms with Gasteiger partial charge in [0.05, 0.1) is 25.0 Å². The van der Waals surface area contributed by atoms with Gasteiger partial charge < -0.3 is 14.1 Å². The highest BCUT2D eigenvalue weighted by Gasteiger charge is 2.46. The van der Waals surface area contributed by atoms with Crippen LogP contribution in [0.15, 0.2) is 47.3 Å². The molecule has 0 bridgehead atoms. The van der Waals surface area contributed by atoms with Gasteiger partial charge in [-0.15, -0.1) is 0 Å². The standard InChI is InChI=1S/C20H27N3O2/c1-22(11-17-4-2-8-21-10-17)12-18-6-7-20(25-14-18)15-23(16-20)13-19-5-3-9-24-19/h2-5,8-10,18H,6-7,11-16H2,1H3/t18-/m1/s1. The fourth-order valence-corrected chi connectivity index (χ4v) is 4.12. The van der Waals surface area contributed by atoms with Crippen LogP contribution >= 0.6 is 0 Å². The molecule has 25 heavy (non-hydrogen) atoms. The number of hydrogen-bond donors (Lipinski definition) is 0. The van der Waals surface area contributed by atoms with Crippen molar-refractivity contribution in [2.75, 3.05) is 33.3 Å². The Morgan fingerprint density at radius 1 is 1.32 bits per heavy atom. The van der Waals surface area contributed by atoms with E-state index in [0.29, 0.717) is 5.92 Å². The monoisotopic (exact) mass is 341 g/mol. The van der Waals surface area contributed by atoms with Gasteiger partial charge in [0.2, 0.25) is 0 Å². The molecule has 1 spiro atoms. The molecule has 1 atom stereocenters. The topological polar surface area (TPSA) is 41.7 Å². The molecular weight excluding hydrogens is 314 g/mol. The first-order chi connectivity index (χ1) is 12.2. The fraction of sp³-hybridized carbons (Fsp3) is 0.550. The van der Waals surface area contributed by atoms with Crippen molar-refractivity contribution in [3.05, 3.63) is 54.2 Å². The molecule has 2 fully saturated rings. The van der Waals surface area contributed by atoms with Gasteiger partial charge in [0.1, 0.15) is 5.76 Å². The zero-order valence-corrected chi connectivity index (χ0v) is 14.9. The average molecular weight is 341 g/mol. The highest BCUT2D eigenvalue weighted by Crippen LogP contribution is 2.36. The molecule has 0 saturated carbocycles. The lowest BCUT2D eigenvalue weighted by molar-refractivity contribution is -0.184. The molecule has 0 amide bonds. The van der Waals surface area contributed by atoms with Gasteiger partial charge in [-0.1, -0.05) is 6.07 Å². The Morgan fingerprint density at radius 2 is 2.24 bits per heavy atom. The van der Waals surface area contributed by atoms with Crippen LogP contribution in [0.5, 0.6) is 0 Å². The molecular formula is C20H27N3O2. The van der Waals surface area contributed by atoms with Gasteiger partial charge in [-0.05, 0) is 49.6 Å². The first kappa shape index (κ1) is 16.8. The van der Waals surface area contributed by atoms with Crippen molar-refractivity contribution in [3.63, 3.8) is 0 Å². The molecule has 0 aliphatic carbocycles. The van der Waals surface area contributed by atoms with Crippen LogP contribution in [0.1, 0.15) is 24.2 Å². The van der Waals surface area contributed by atoms with Gasteiger partial charge in [-0.25, -0.2) is 0 Å². The number of nitrogens with zero attached hydrogens (tertiary/aromatic N) is 3. The van der Waals surface area contributed by atoms with Crippen molar-refractivity contribution < 1.29 is 9.15 Å². The Morgan fingerprint density at radius 3 is 2.92 bits per heavy atom. The smallest absolute Gasteiger partial charge is 0.117 e. The maximum atomic E-state index is 6.30. The second kappa shape index (κ2) is 7.28. The summed E-state index contributed by atoms with van der Waals surface area (Å²) in [5.41, 5.74) is 1.37. The predicted molar refractivity (Wildman–Crippen MR) is 96.0 cm³/mol. The maximum absolute atomic E-state index is 6.30. The van der Waals surface area contributed by atoms with Crippen molar-refractivity contribution in [2.24, 2.45) is 5.92 Å². The van der Waals surface area contributed by atoms with E-state index in [-0.39, 0.29) is 5.60 Å². The van der Waals surface area contributed by atoms with Gasteiger partial charge in [0, 0.05) is 38.6 Å². The summed E-state index contributed by atoms with van der Waals surface area (Å²) in [6, 6.07) is 8.13. The number of aromatic nitrogens is 1. The highest BCUT2D eigenvalue weighted by molar-refractivity contribution is 5.08. The summed E-state index contributed by atoms with van der Waals surface area (Å²) >= 11 is 0. The summed E-state index contributed by atoms with van der Waals surface area (Å²) in [7, 11) is 2.19. The number of ether oxygens (including phenoxy) is 1. The molecule has 2 saturated heterocycles. The maximum Gasteiger partial charge on any atom is 0.117 e. The molecule has 4 heterocycles. The first-order valence-corrected chi connectivity index (χ1v) is 9.17. The molecule has 0 aromatic carbocycles. The number of pyridine rings is 1. The van der Waals surface area contributed by atoms with Gasteiger partial charge in [-0.2, -0.15) is 0 Å². The summed E-state index contributed by atoms with van der Waals surface area (Å²) in [6.45, 7) is 5.88. The van der Waals surface area contributed by atoms with Crippen LogP contribution in [0.2, 0.25) is 0 Å². The SMILES string of the molecule is CN(Cc1cccnc1)C[C@H]1CCC2(CN(Cc3ccco3)C2)OC1. The van der Waals surface area contributed by atoms with E-state index in [4.69, 9.17) is 9.15 Å². The van der Waals surface area contributed by atoms with Gasteiger partial charge in [-0.3, -0.25) is 9.88 Å². The molecule has 4 rings (SSSR count). The first-order valence-electron chi connectivity index (χ1n) is 9.17. The second-order valence-electron chi connectivity index (χ2n) is 7.68. The number of hydrogen-bond acceptors (Lipinski definition) is 5. The van der Waals surface area contributed by atoms with Crippen molar-refractivity contribution in [1.82, 2.24) is 14.8 Å². The van der Waals surface area contributed by atoms with E-state index in [0.717, 1.165) is 45.1 Å². The Balaban J connectivity index is 1.19. The molecule has 2 aromatic rings. The van der Waals surface area contributed by atoms with E-state index in [1.807, 2.05) is 30.6 Å². The Hall–Kier alpha value is -1.69. The third-order valence-electron chi connectivity index (χ3n) is 5.36. The van der Waals surface area contributed by atoms with E-state index >= 15 is 0 Å². The highest BCUT2D eigenvalue weighted by atomic mass is 16.5. The normalized spacial score (nSPS) is 23.0. The lowest BCUT2D eigenvalue weighted by Crippen LogP contribution is -2.64. The summed E-state index contributed by atoms with van der Waals surface area (Å²) in [5.74, 6) is 1.67. The minimum atomic E-state index is 0.102. The quantitative estimate of drug-likeness (QED) is 0.808. The molecule has 2 aliphatic rings. The number of furan rings is 1. The van der Waals surface area contributed by atoms with Crippen molar-refractivity contribution in [3.8, 4) is 0 Å². The molecule has 134 valence electrons. The van der Waals surface area contributed by atoms with E-state index in [1.165, 1.54) is 18.4 Å². The van der Waals surface area contributed by atoms with E-state index in [1.54, 1.807) is 6.26 Å². The Bertz CT molecular complexity index is 643. The third kappa shape index (κ3) is 4.11. The molecule has 2 aromatic heterocycles. The third-order valence-corrected chi connectivity index (χ3v) is 5.36. The van der Waals surface area contributed by atoms with Gasteiger partial charge in [0.15, 0.2) is 0 Å². The van der Waals surface area contributed by atoms with Gasteiger partial charge >= 0.3 is 0 Å². The van der Waals surface area contributed by atoms with Crippen molar-refractivity contribution in [1.29, 1.82) is 0 Å². The summed E-state index contributed by atoms with van der Waals surface area (Å²) < 4.78 is 11.7. The molecule has 2 aliphatic heterocycles. The van der Waals surface area contributed by atoms with E-state index < -0.39 is 0 Å². The van der Waals surface area contributed by atoms with Crippen molar-refractivity contribution >= 4 is 0 Å². The minimum absolute atomic E-state index is 0.102. The van der Waals surface area contributed by atoms with Crippen LogP contribution in [0, 0.1) is 5.92 Å². The predicted octanol–water partition coefficient (Wildman–Crippen LogP) is 2.79. The summed E-state index contributed by atoms with van der Waals surface area (Å²) in [5, 5.41) is 0. The molecule has 0 radical (unpaired) electrons. The molecule has 0 N–H and O–H groups in total. The van der Waals surface area contributed by atoms with Crippen LogP contribution < -0.4 is 0 Å². The Kier molecular flexibility index (Phi) is 4.88. The summed E-state index contributed by atoms with van der Waals surface area (Å²) in [6.07, 6.45) is 7.95. The molecule has 0 unspecified atom stereocenters. The lowest BCUT2D eigenvalue weighted by atomic mass is 9.82. The minimum Gasteiger partial charge on any atom is -0.468 e. The van der Waals surface area contributed by atoms with Crippen LogP contribution in [0.25, 0.3) is 0 Å². The lowest BCUT2D eigenvalue weighted by Gasteiger charge is -2.53. The summed E-state index contributed by atoms with van der Waals surface area (Å²) in [4.78, 5) is 8.99. The number of likely N-dealkylation sites (tertiary alicyclic amines) is 1. The van der Waals surface area contributed by atoms with E-state index in [2.05, 4.69) is 27.9 Å². The van der Waals surface area contributed by atoms with Crippen LogP contribution in [0.3, 0.4) is 0 Å². The van der Waals surface area contributed by atoms with E-state index in [9.17, 15) is 0 Å². The zero-order valence-electron chi connectivity index (χ0n) is 14.9. The average Bonchev–Trinajstić information content (AvgIpc) is 3.09. The van der Waals surface area contributed by atoms with Crippen molar-refractivity contribution in [2.45, 2.75) is 31.5 Å². The van der Waals surface area contributed by atoms with Crippen LogP contribution in [0.4, 0.5) is 0 Å². The largest absolute Gasteiger partial charge is 0.468 e. The van der Waals surface area contributed by atoms with Crippen LogP contribution in [-0.4, -0.2) is 53.7 Å². The second-order valence-corrected chi connectivity index (χ2v) is 7.68. The van der Waals surface area contributed by atoms with Gasteiger partial charge in [0.25, 0.3) is 0 Å². The Labute approximate surface area is 149 Å².